The molecule has 0 amide bonds. The molecule has 4 rings (SSSR count). The van der Waals surface area contributed by atoms with Crippen LogP contribution in [0.3, 0.4) is 0 Å². The molecule has 0 bridgehead atoms. The molecule has 30 heavy (non-hydrogen) atoms. The predicted molar refractivity (Wildman–Crippen MR) is 118 cm³/mol. The van der Waals surface area contributed by atoms with Crippen LogP contribution < -0.4 is 0 Å². The first-order valence-electron chi connectivity index (χ1n) is 12.1. The third kappa shape index (κ3) is 3.47. The second kappa shape index (κ2) is 7.94. The molecule has 3 aliphatic carbocycles. The van der Waals surface area contributed by atoms with Gasteiger partial charge in [-0.2, -0.15) is 0 Å². The molecule has 3 N–H and O–H groups in total. The number of hydrogen-bond acceptors (Lipinski definition) is 4. The number of fused-ring (bicyclic) bond motifs is 3. The normalized spacial score (nSPS) is 42.8. The molecule has 0 saturated heterocycles. The summed E-state index contributed by atoms with van der Waals surface area (Å²) in [5.74, 6) is 1.62. The molecule has 1 heterocycles. The van der Waals surface area contributed by atoms with Crippen molar-refractivity contribution in [3.63, 3.8) is 0 Å². The molecular formula is C26H42O4. The second-order valence-corrected chi connectivity index (χ2v) is 11.9. The molecule has 0 radical (unpaired) electrons. The van der Waals surface area contributed by atoms with Crippen LogP contribution in [0.5, 0.6) is 0 Å². The SMILES string of the molecule is CC1(C)CCC[C@]2(C)[C@H]3CC[C@H]([C@@H](O)c4ccoc4)[C@@H](C[C@@H](O)CO)[C@]3(C)CC[C@@H]12. The quantitative estimate of drug-likeness (QED) is 0.604. The van der Waals surface area contributed by atoms with Gasteiger partial charge in [-0.25, -0.2) is 0 Å². The van der Waals surface area contributed by atoms with Crippen LogP contribution in [0, 0.1) is 39.9 Å². The first kappa shape index (κ1) is 22.4. The fourth-order valence-electron chi connectivity index (χ4n) is 8.72. The molecule has 0 aromatic carbocycles. The third-order valence-electron chi connectivity index (χ3n) is 10.0. The van der Waals surface area contributed by atoms with Gasteiger partial charge < -0.3 is 19.7 Å². The lowest BCUT2D eigenvalue weighted by molar-refractivity contribution is -0.190. The van der Waals surface area contributed by atoms with Crippen LogP contribution in [-0.2, 0) is 0 Å². The van der Waals surface area contributed by atoms with Crippen LogP contribution >= 0.6 is 0 Å². The monoisotopic (exact) mass is 418 g/mol. The van der Waals surface area contributed by atoms with Crippen molar-refractivity contribution in [3.05, 3.63) is 24.2 Å². The van der Waals surface area contributed by atoms with Gasteiger partial charge in [0.05, 0.1) is 31.3 Å². The van der Waals surface area contributed by atoms with E-state index in [-0.39, 0.29) is 23.9 Å². The van der Waals surface area contributed by atoms with Crippen molar-refractivity contribution in [3.8, 4) is 0 Å². The molecule has 1 aromatic heterocycles. The predicted octanol–water partition coefficient (Wildman–Crippen LogP) is 5.33. The van der Waals surface area contributed by atoms with E-state index in [9.17, 15) is 15.3 Å². The van der Waals surface area contributed by atoms with Gasteiger partial charge in [-0.05, 0) is 90.9 Å². The molecule has 4 heteroatoms. The van der Waals surface area contributed by atoms with Gasteiger partial charge in [0.2, 0.25) is 0 Å². The van der Waals surface area contributed by atoms with Crippen molar-refractivity contribution in [2.24, 2.45) is 39.9 Å². The summed E-state index contributed by atoms with van der Waals surface area (Å²) in [5, 5.41) is 31.4. The Morgan fingerprint density at radius 1 is 1.00 bits per heavy atom. The Balaban J connectivity index is 1.70. The summed E-state index contributed by atoms with van der Waals surface area (Å²) < 4.78 is 5.26. The molecule has 3 saturated carbocycles. The Hall–Kier alpha value is -0.840. The molecule has 0 unspecified atom stereocenters. The van der Waals surface area contributed by atoms with E-state index in [0.717, 1.165) is 30.7 Å². The summed E-state index contributed by atoms with van der Waals surface area (Å²) in [6, 6.07) is 1.86. The van der Waals surface area contributed by atoms with Crippen LogP contribution in [0.1, 0.15) is 90.7 Å². The van der Waals surface area contributed by atoms with Gasteiger partial charge >= 0.3 is 0 Å². The van der Waals surface area contributed by atoms with Gasteiger partial charge in [-0.3, -0.25) is 0 Å². The maximum absolute atomic E-state index is 11.3. The molecule has 0 aliphatic heterocycles. The van der Waals surface area contributed by atoms with Crippen LogP contribution in [-0.4, -0.2) is 28.0 Å². The second-order valence-electron chi connectivity index (χ2n) is 11.9. The van der Waals surface area contributed by atoms with E-state index in [2.05, 4.69) is 27.7 Å². The average molecular weight is 419 g/mol. The number of aliphatic hydroxyl groups excluding tert-OH is 3. The van der Waals surface area contributed by atoms with Crippen molar-refractivity contribution in [2.45, 2.75) is 91.3 Å². The molecule has 8 atom stereocenters. The first-order chi connectivity index (χ1) is 14.1. The average Bonchev–Trinajstić information content (AvgIpc) is 3.22. The van der Waals surface area contributed by atoms with Crippen LogP contribution in [0.4, 0.5) is 0 Å². The van der Waals surface area contributed by atoms with E-state index in [0.29, 0.717) is 23.2 Å². The first-order valence-corrected chi connectivity index (χ1v) is 12.1. The Morgan fingerprint density at radius 2 is 1.77 bits per heavy atom. The fraction of sp³-hybridized carbons (Fsp3) is 0.846. The summed E-state index contributed by atoms with van der Waals surface area (Å²) >= 11 is 0. The van der Waals surface area contributed by atoms with Gasteiger partial charge in [0.15, 0.2) is 0 Å². The number of rotatable bonds is 5. The highest BCUT2D eigenvalue weighted by Gasteiger charge is 2.62. The van der Waals surface area contributed by atoms with Gasteiger partial charge in [-0.15, -0.1) is 0 Å². The van der Waals surface area contributed by atoms with E-state index < -0.39 is 12.2 Å². The van der Waals surface area contributed by atoms with Gasteiger partial charge in [0.25, 0.3) is 0 Å². The smallest absolute Gasteiger partial charge is 0.0960 e. The standard InChI is InChI=1S/C26H42O4/c1-24(2)10-5-11-26(4)21(24)8-12-25(3)20(14-18(28)15-27)19(6-7-22(25)26)23(29)17-9-13-30-16-17/h9,13,16,18-23,27-29H,5-8,10-12,14-15H2,1-4H3/t18-,19+,20-,21+,22+,23+,25+,26+/m1/s1. The van der Waals surface area contributed by atoms with Gasteiger partial charge in [0.1, 0.15) is 0 Å². The molecule has 3 aliphatic rings. The number of furan rings is 1. The molecule has 0 spiro atoms. The zero-order valence-electron chi connectivity index (χ0n) is 19.3. The Bertz CT molecular complexity index is 713. The van der Waals surface area contributed by atoms with Crippen molar-refractivity contribution in [1.29, 1.82) is 0 Å². The molecule has 170 valence electrons. The van der Waals surface area contributed by atoms with Crippen molar-refractivity contribution in [1.82, 2.24) is 0 Å². The number of aliphatic hydroxyl groups is 3. The van der Waals surface area contributed by atoms with E-state index in [1.807, 2.05) is 6.07 Å². The maximum atomic E-state index is 11.3. The third-order valence-corrected chi connectivity index (χ3v) is 10.0. The summed E-state index contributed by atoms with van der Waals surface area (Å²) in [7, 11) is 0. The highest BCUT2D eigenvalue weighted by molar-refractivity contribution is 5.16. The lowest BCUT2D eigenvalue weighted by atomic mass is 9.38. The highest BCUT2D eigenvalue weighted by Crippen LogP contribution is 2.70. The van der Waals surface area contributed by atoms with Crippen molar-refractivity contribution >= 4 is 0 Å². The molecular weight excluding hydrogens is 376 g/mol. The van der Waals surface area contributed by atoms with Crippen molar-refractivity contribution in [2.75, 3.05) is 6.61 Å². The zero-order chi connectivity index (χ0) is 21.7. The van der Waals surface area contributed by atoms with Crippen molar-refractivity contribution < 1.29 is 19.7 Å². The summed E-state index contributed by atoms with van der Waals surface area (Å²) in [4.78, 5) is 0. The Kier molecular flexibility index (Phi) is 5.91. The van der Waals surface area contributed by atoms with Crippen LogP contribution in [0.2, 0.25) is 0 Å². The Labute approximate surface area is 182 Å². The van der Waals surface area contributed by atoms with E-state index in [4.69, 9.17) is 4.42 Å². The molecule has 4 nitrogen and oxygen atoms in total. The minimum Gasteiger partial charge on any atom is -0.472 e. The topological polar surface area (TPSA) is 73.8 Å². The lowest BCUT2D eigenvalue weighted by Gasteiger charge is -2.67. The Morgan fingerprint density at radius 3 is 2.43 bits per heavy atom. The maximum Gasteiger partial charge on any atom is 0.0960 e. The van der Waals surface area contributed by atoms with E-state index >= 15 is 0 Å². The minimum atomic E-state index is -0.724. The van der Waals surface area contributed by atoms with Gasteiger partial charge in [0, 0.05) is 5.56 Å². The molecule has 1 aromatic rings. The lowest BCUT2D eigenvalue weighted by Crippen LogP contribution is -2.60. The zero-order valence-corrected chi connectivity index (χ0v) is 19.3. The largest absolute Gasteiger partial charge is 0.472 e. The fourth-order valence-corrected chi connectivity index (χ4v) is 8.72. The van der Waals surface area contributed by atoms with Gasteiger partial charge in [-0.1, -0.05) is 34.1 Å². The summed E-state index contributed by atoms with van der Waals surface area (Å²) in [5.41, 5.74) is 1.62. The summed E-state index contributed by atoms with van der Waals surface area (Å²) in [6.45, 7) is 9.72. The van der Waals surface area contributed by atoms with E-state index in [1.165, 1.54) is 25.7 Å². The molecule has 3 fully saturated rings. The van der Waals surface area contributed by atoms with E-state index in [1.54, 1.807) is 12.5 Å². The summed E-state index contributed by atoms with van der Waals surface area (Å²) in [6.07, 6.45) is 11.0. The number of hydrogen-bond donors (Lipinski definition) is 3. The minimum absolute atomic E-state index is 0.0719. The van der Waals surface area contributed by atoms with Crippen LogP contribution in [0.25, 0.3) is 0 Å². The van der Waals surface area contributed by atoms with Crippen LogP contribution in [0.15, 0.2) is 23.0 Å². The highest BCUT2D eigenvalue weighted by atomic mass is 16.3.